The van der Waals surface area contributed by atoms with Crippen molar-refractivity contribution < 1.29 is 4.39 Å². The third-order valence-electron chi connectivity index (χ3n) is 7.36. The maximum atomic E-state index is 14.2. The maximum Gasteiger partial charge on any atom is 0.175 e. The molecule has 0 amide bonds. The average molecular weight is 523 g/mol. The van der Waals surface area contributed by atoms with Gasteiger partial charge in [-0.15, -0.1) is 0 Å². The van der Waals surface area contributed by atoms with Crippen molar-refractivity contribution in [2.75, 3.05) is 37.6 Å². The maximum absolute atomic E-state index is 14.2. The number of benzene rings is 2. The Morgan fingerprint density at radius 2 is 1.76 bits per heavy atom. The first-order valence-electron chi connectivity index (χ1n) is 12.0. The van der Waals surface area contributed by atoms with Crippen LogP contribution in [-0.2, 0) is 6.54 Å². The largest absolute Gasteiger partial charge is 0.367 e. The molecule has 0 saturated carbocycles. The molecule has 0 bridgehead atoms. The molecule has 0 aliphatic carbocycles. The lowest BCUT2D eigenvalue weighted by atomic mass is 9.97. The van der Waals surface area contributed by atoms with Crippen LogP contribution < -0.4 is 4.90 Å². The van der Waals surface area contributed by atoms with Crippen LogP contribution in [0.3, 0.4) is 0 Å². The first kappa shape index (κ1) is 24.1. The Kier molecular flexibility index (Phi) is 7.19. The van der Waals surface area contributed by atoms with Crippen LogP contribution in [0.4, 0.5) is 10.1 Å². The third-order valence-corrected chi connectivity index (χ3v) is 8.10. The quantitative estimate of drug-likeness (QED) is 0.390. The highest BCUT2D eigenvalue weighted by Crippen LogP contribution is 2.33. The number of aromatic nitrogens is 2. The molecule has 3 heterocycles. The van der Waals surface area contributed by atoms with Gasteiger partial charge < -0.3 is 14.9 Å². The number of nitrogens with zero attached hydrogens (tertiary/aromatic N) is 3. The van der Waals surface area contributed by atoms with Gasteiger partial charge in [0.15, 0.2) is 4.77 Å². The van der Waals surface area contributed by atoms with Gasteiger partial charge in [-0.2, -0.15) is 0 Å². The van der Waals surface area contributed by atoms with Gasteiger partial charge in [0.2, 0.25) is 0 Å². The van der Waals surface area contributed by atoms with E-state index in [0.29, 0.717) is 28.4 Å². The Morgan fingerprint density at radius 3 is 2.47 bits per heavy atom. The zero-order valence-corrected chi connectivity index (χ0v) is 21.6. The lowest BCUT2D eigenvalue weighted by Gasteiger charge is -2.48. The monoisotopic (exact) mass is 521 g/mol. The standard InChI is InChI=1S/C25H30Cl2FN5S/c1-2-18-15-32(24-13-23-22(12-20(24)27)29-25(34)30-23)9-10-33(18)19-5-7-31(8-6-19)14-16-3-4-17(26)11-21(16)28/h3-4,11-13,18-19H,2,5-10,14-15H2,1H3,(H2,29,30,34)/t18-/m0/s1. The van der Waals surface area contributed by atoms with E-state index in [1.165, 1.54) is 6.07 Å². The van der Waals surface area contributed by atoms with Crippen LogP contribution in [0.1, 0.15) is 31.7 Å². The van der Waals surface area contributed by atoms with Gasteiger partial charge in [-0.25, -0.2) is 4.39 Å². The van der Waals surface area contributed by atoms with Crippen LogP contribution in [-0.4, -0.2) is 64.6 Å². The molecule has 9 heteroatoms. The fraction of sp³-hybridized carbons (Fsp3) is 0.480. The summed E-state index contributed by atoms with van der Waals surface area (Å²) in [5, 5.41) is 1.20. The van der Waals surface area contributed by atoms with E-state index in [-0.39, 0.29) is 5.82 Å². The normalized spacial score (nSPS) is 20.9. The molecular weight excluding hydrogens is 492 g/mol. The summed E-state index contributed by atoms with van der Waals surface area (Å²) in [5.41, 5.74) is 3.72. The molecule has 182 valence electrons. The van der Waals surface area contributed by atoms with Crippen LogP contribution >= 0.6 is 35.4 Å². The summed E-state index contributed by atoms with van der Waals surface area (Å²) in [4.78, 5) is 13.8. The number of piperazine rings is 1. The van der Waals surface area contributed by atoms with E-state index in [4.69, 9.17) is 35.4 Å². The Balaban J connectivity index is 1.22. The second kappa shape index (κ2) is 10.2. The first-order chi connectivity index (χ1) is 16.4. The molecule has 2 fully saturated rings. The van der Waals surface area contributed by atoms with E-state index in [1.807, 2.05) is 6.07 Å². The van der Waals surface area contributed by atoms with E-state index in [0.717, 1.165) is 79.3 Å². The number of hydrogen-bond acceptors (Lipinski definition) is 4. The van der Waals surface area contributed by atoms with Crippen molar-refractivity contribution in [2.24, 2.45) is 0 Å². The Morgan fingerprint density at radius 1 is 1.03 bits per heavy atom. The minimum atomic E-state index is -0.213. The summed E-state index contributed by atoms with van der Waals surface area (Å²) >= 11 is 17.8. The predicted molar refractivity (Wildman–Crippen MR) is 141 cm³/mol. The molecule has 0 spiro atoms. The minimum Gasteiger partial charge on any atom is -0.367 e. The number of fused-ring (bicyclic) bond motifs is 1. The number of halogens is 3. The smallest absolute Gasteiger partial charge is 0.175 e. The number of likely N-dealkylation sites (tertiary alicyclic amines) is 1. The number of hydrogen-bond donors (Lipinski definition) is 2. The summed E-state index contributed by atoms with van der Waals surface area (Å²) in [6.45, 7) is 7.81. The lowest BCUT2D eigenvalue weighted by Crippen LogP contribution is -2.58. The van der Waals surface area contributed by atoms with Crippen LogP contribution in [0, 0.1) is 10.6 Å². The van der Waals surface area contributed by atoms with E-state index in [1.54, 1.807) is 12.1 Å². The van der Waals surface area contributed by atoms with E-state index < -0.39 is 0 Å². The number of piperidine rings is 1. The van der Waals surface area contributed by atoms with Gasteiger partial charge in [-0.3, -0.25) is 9.80 Å². The second-order valence-electron chi connectivity index (χ2n) is 9.42. The molecule has 2 saturated heterocycles. The average Bonchev–Trinajstić information content (AvgIpc) is 3.19. The van der Waals surface area contributed by atoms with Crippen molar-refractivity contribution in [3.05, 3.63) is 56.5 Å². The number of aromatic amines is 2. The highest BCUT2D eigenvalue weighted by molar-refractivity contribution is 7.71. The summed E-state index contributed by atoms with van der Waals surface area (Å²) in [6, 6.07) is 10.1. The van der Waals surface area contributed by atoms with Gasteiger partial charge in [-0.05, 0) is 68.8 Å². The molecule has 2 aliphatic heterocycles. The Labute approximate surface area is 214 Å². The molecule has 0 unspecified atom stereocenters. The molecule has 2 aromatic carbocycles. The molecule has 34 heavy (non-hydrogen) atoms. The highest BCUT2D eigenvalue weighted by Gasteiger charge is 2.33. The van der Waals surface area contributed by atoms with Gasteiger partial charge in [0.1, 0.15) is 5.82 Å². The van der Waals surface area contributed by atoms with E-state index in [2.05, 4.69) is 37.7 Å². The van der Waals surface area contributed by atoms with Crippen LogP contribution in [0.25, 0.3) is 11.0 Å². The van der Waals surface area contributed by atoms with Gasteiger partial charge in [0.25, 0.3) is 0 Å². The third kappa shape index (κ3) is 5.00. The summed E-state index contributed by atoms with van der Waals surface area (Å²) < 4.78 is 14.8. The highest BCUT2D eigenvalue weighted by atomic mass is 35.5. The molecule has 1 atom stereocenters. The summed E-state index contributed by atoms with van der Waals surface area (Å²) in [6.07, 6.45) is 3.32. The van der Waals surface area contributed by atoms with Crippen molar-refractivity contribution in [1.82, 2.24) is 19.8 Å². The zero-order chi connectivity index (χ0) is 23.8. The fourth-order valence-corrected chi connectivity index (χ4v) is 6.18. The number of rotatable bonds is 5. The predicted octanol–water partition coefficient (Wildman–Crippen LogP) is 6.24. The molecule has 5 rings (SSSR count). The van der Waals surface area contributed by atoms with Gasteiger partial charge in [-0.1, -0.05) is 36.2 Å². The molecule has 0 radical (unpaired) electrons. The number of anilines is 1. The number of nitrogens with one attached hydrogen (secondary N) is 2. The van der Waals surface area contributed by atoms with Crippen molar-refractivity contribution >= 4 is 52.1 Å². The van der Waals surface area contributed by atoms with Gasteiger partial charge in [0.05, 0.1) is 21.7 Å². The molecular formula is C25H30Cl2FN5S. The van der Waals surface area contributed by atoms with Crippen molar-refractivity contribution in [1.29, 1.82) is 0 Å². The van der Waals surface area contributed by atoms with Gasteiger partial charge >= 0.3 is 0 Å². The fourth-order valence-electron chi connectivity index (χ4n) is 5.52. The molecule has 5 nitrogen and oxygen atoms in total. The molecule has 2 aliphatic rings. The SMILES string of the molecule is CC[C@H]1CN(c2cc3[nH]c(=S)[nH]c3cc2Cl)CCN1C1CCN(Cc2ccc(Cl)cc2F)CC1. The Hall–Kier alpha value is -1.64. The van der Waals surface area contributed by atoms with E-state index in [9.17, 15) is 4.39 Å². The molecule has 1 aromatic heterocycles. The van der Waals surface area contributed by atoms with Crippen LogP contribution in [0.15, 0.2) is 30.3 Å². The van der Waals surface area contributed by atoms with Crippen molar-refractivity contribution in [2.45, 2.75) is 44.8 Å². The van der Waals surface area contributed by atoms with E-state index >= 15 is 0 Å². The van der Waals surface area contributed by atoms with Gasteiger partial charge in [0, 0.05) is 48.8 Å². The van der Waals surface area contributed by atoms with Crippen molar-refractivity contribution in [3.63, 3.8) is 0 Å². The zero-order valence-electron chi connectivity index (χ0n) is 19.3. The number of imidazole rings is 1. The van der Waals surface area contributed by atoms with Crippen molar-refractivity contribution in [3.8, 4) is 0 Å². The Bertz CT molecular complexity index is 1220. The number of H-pyrrole nitrogens is 2. The second-order valence-corrected chi connectivity index (χ2v) is 10.7. The van der Waals surface area contributed by atoms with Crippen LogP contribution in [0.5, 0.6) is 0 Å². The minimum absolute atomic E-state index is 0.213. The molecule has 3 aromatic rings. The first-order valence-corrected chi connectivity index (χ1v) is 13.2. The summed E-state index contributed by atoms with van der Waals surface area (Å²) in [7, 11) is 0. The lowest BCUT2D eigenvalue weighted by molar-refractivity contribution is 0.0609. The molecule has 2 N–H and O–H groups in total. The van der Waals surface area contributed by atoms with Crippen LogP contribution in [0.2, 0.25) is 10.0 Å². The topological polar surface area (TPSA) is 41.3 Å². The summed E-state index contributed by atoms with van der Waals surface area (Å²) in [5.74, 6) is -0.213.